The van der Waals surface area contributed by atoms with Crippen LogP contribution in [-0.2, 0) is 16.1 Å². The Morgan fingerprint density at radius 2 is 2.00 bits per heavy atom. The van der Waals surface area contributed by atoms with Gasteiger partial charge in [0.25, 0.3) is 0 Å². The Bertz CT molecular complexity index is 625. The van der Waals surface area contributed by atoms with Crippen molar-refractivity contribution in [3.05, 3.63) is 11.9 Å². The predicted molar refractivity (Wildman–Crippen MR) is 80.6 cm³/mol. The molecule has 2 heterocycles. The number of aromatic nitrogens is 3. The van der Waals surface area contributed by atoms with Gasteiger partial charge in [0.05, 0.1) is 5.69 Å². The van der Waals surface area contributed by atoms with Gasteiger partial charge in [0, 0.05) is 18.2 Å². The Balaban J connectivity index is 1.50. The summed E-state index contributed by atoms with van der Waals surface area (Å²) in [6.45, 7) is 0.0900. The summed E-state index contributed by atoms with van der Waals surface area (Å²) in [5, 5.41) is 17.7. The average Bonchev–Trinajstić information content (AvgIpc) is 3.15. The lowest BCUT2D eigenvalue weighted by molar-refractivity contribution is -0.150. The third kappa shape index (κ3) is 2.72. The molecule has 7 heteroatoms. The first-order chi connectivity index (χ1) is 11.1. The van der Waals surface area contributed by atoms with Gasteiger partial charge < -0.3 is 10.0 Å². The SMILES string of the molecule is O=C(O)[C@@H]1C[C@H]2CCCC[C@H]2N1C(=O)Cn1cc(C2CC2)nn1. The summed E-state index contributed by atoms with van der Waals surface area (Å²) >= 11 is 0. The van der Waals surface area contributed by atoms with Crippen LogP contribution in [0.4, 0.5) is 0 Å². The minimum absolute atomic E-state index is 0.0868. The van der Waals surface area contributed by atoms with Crippen LogP contribution < -0.4 is 0 Å². The minimum Gasteiger partial charge on any atom is -0.480 e. The maximum Gasteiger partial charge on any atom is 0.326 e. The lowest BCUT2D eigenvalue weighted by Gasteiger charge is -2.32. The fourth-order valence-electron chi connectivity index (χ4n) is 4.22. The molecular weight excluding hydrogens is 296 g/mol. The van der Waals surface area contributed by atoms with Gasteiger partial charge in [-0.05, 0) is 38.0 Å². The van der Waals surface area contributed by atoms with Crippen molar-refractivity contribution in [3.8, 4) is 0 Å². The van der Waals surface area contributed by atoms with Gasteiger partial charge in [0.2, 0.25) is 5.91 Å². The van der Waals surface area contributed by atoms with Crippen LogP contribution in [0.2, 0.25) is 0 Å². The predicted octanol–water partition coefficient (Wildman–Crippen LogP) is 1.40. The number of likely N-dealkylation sites (tertiary alicyclic amines) is 1. The third-order valence-corrected chi connectivity index (χ3v) is 5.51. The molecule has 7 nitrogen and oxygen atoms in total. The first kappa shape index (κ1) is 14.7. The number of amides is 1. The lowest BCUT2D eigenvalue weighted by atomic mass is 9.85. The standard InChI is InChI=1S/C16H22N4O3/c21-15(9-19-8-12(17-18-19)10-5-6-10)20-13-4-2-1-3-11(13)7-14(20)16(22)23/h8,10-11,13-14H,1-7,9H2,(H,22,23)/t11-,13-,14+/m1/s1. The van der Waals surface area contributed by atoms with Crippen LogP contribution >= 0.6 is 0 Å². The van der Waals surface area contributed by atoms with E-state index in [4.69, 9.17) is 0 Å². The van der Waals surface area contributed by atoms with Crippen molar-refractivity contribution in [2.24, 2.45) is 5.92 Å². The zero-order valence-corrected chi connectivity index (χ0v) is 13.1. The van der Waals surface area contributed by atoms with Crippen molar-refractivity contribution in [1.82, 2.24) is 19.9 Å². The molecule has 3 aliphatic rings. The first-order valence-corrected chi connectivity index (χ1v) is 8.57. The second kappa shape index (κ2) is 5.62. The number of carboxylic acids is 1. The van der Waals surface area contributed by atoms with E-state index in [2.05, 4.69) is 10.3 Å². The zero-order chi connectivity index (χ0) is 16.0. The Morgan fingerprint density at radius 3 is 2.74 bits per heavy atom. The van der Waals surface area contributed by atoms with Crippen molar-refractivity contribution >= 4 is 11.9 Å². The summed E-state index contributed by atoms with van der Waals surface area (Å²) in [7, 11) is 0. The van der Waals surface area contributed by atoms with E-state index < -0.39 is 12.0 Å². The number of carbonyl (C=O) groups is 2. The molecule has 124 valence electrons. The number of carboxylic acid groups (broad SMARTS) is 1. The maximum absolute atomic E-state index is 12.8. The molecule has 1 aromatic heterocycles. The highest BCUT2D eigenvalue weighted by Gasteiger charge is 2.47. The number of nitrogens with zero attached hydrogens (tertiary/aromatic N) is 4. The minimum atomic E-state index is -0.884. The van der Waals surface area contributed by atoms with E-state index in [1.165, 1.54) is 0 Å². The normalized spacial score (nSPS) is 30.3. The Labute approximate surface area is 134 Å². The molecule has 0 spiro atoms. The third-order valence-electron chi connectivity index (χ3n) is 5.51. The smallest absolute Gasteiger partial charge is 0.326 e. The average molecular weight is 318 g/mol. The molecule has 2 aliphatic carbocycles. The molecule has 0 radical (unpaired) electrons. The molecule has 0 bridgehead atoms. The number of hydrogen-bond donors (Lipinski definition) is 1. The zero-order valence-electron chi connectivity index (χ0n) is 13.1. The Morgan fingerprint density at radius 1 is 1.22 bits per heavy atom. The van der Waals surface area contributed by atoms with Gasteiger partial charge in [0.1, 0.15) is 12.6 Å². The second-order valence-corrected chi connectivity index (χ2v) is 7.12. The van der Waals surface area contributed by atoms with Crippen molar-refractivity contribution < 1.29 is 14.7 Å². The van der Waals surface area contributed by atoms with Gasteiger partial charge in [-0.25, -0.2) is 9.48 Å². The summed E-state index contributed by atoms with van der Waals surface area (Å²) < 4.78 is 1.56. The second-order valence-electron chi connectivity index (χ2n) is 7.12. The summed E-state index contributed by atoms with van der Waals surface area (Å²) in [5.41, 5.74) is 0.949. The number of rotatable bonds is 4. The van der Waals surface area contributed by atoms with E-state index >= 15 is 0 Å². The molecule has 0 aromatic carbocycles. The van der Waals surface area contributed by atoms with Crippen LogP contribution in [0.3, 0.4) is 0 Å². The van der Waals surface area contributed by atoms with Gasteiger partial charge in [-0.2, -0.15) is 0 Å². The van der Waals surface area contributed by atoms with Crippen LogP contribution in [0.5, 0.6) is 0 Å². The van der Waals surface area contributed by atoms with Crippen molar-refractivity contribution in [3.63, 3.8) is 0 Å². The van der Waals surface area contributed by atoms with E-state index in [1.54, 1.807) is 9.58 Å². The molecule has 1 aromatic rings. The Kier molecular flexibility index (Phi) is 3.58. The van der Waals surface area contributed by atoms with Crippen molar-refractivity contribution in [1.29, 1.82) is 0 Å². The number of aliphatic carboxylic acids is 1. The van der Waals surface area contributed by atoms with Crippen molar-refractivity contribution in [2.75, 3.05) is 0 Å². The quantitative estimate of drug-likeness (QED) is 0.906. The molecular formula is C16H22N4O3. The fourth-order valence-corrected chi connectivity index (χ4v) is 4.22. The molecule has 1 amide bonds. The molecule has 2 saturated carbocycles. The molecule has 0 unspecified atom stereocenters. The highest BCUT2D eigenvalue weighted by atomic mass is 16.4. The van der Waals surface area contributed by atoms with Gasteiger partial charge >= 0.3 is 5.97 Å². The lowest BCUT2D eigenvalue weighted by Crippen LogP contribution is -2.47. The molecule has 3 fully saturated rings. The maximum atomic E-state index is 12.8. The van der Waals surface area contributed by atoms with Gasteiger partial charge in [0.15, 0.2) is 0 Å². The van der Waals surface area contributed by atoms with E-state index in [1.807, 2.05) is 6.20 Å². The van der Waals surface area contributed by atoms with E-state index in [0.29, 0.717) is 18.3 Å². The monoisotopic (exact) mass is 318 g/mol. The van der Waals surface area contributed by atoms with Gasteiger partial charge in [-0.15, -0.1) is 5.10 Å². The summed E-state index contributed by atoms with van der Waals surface area (Å²) in [6, 6.07) is -0.592. The number of hydrogen-bond acceptors (Lipinski definition) is 4. The van der Waals surface area contributed by atoms with E-state index in [-0.39, 0.29) is 18.5 Å². The van der Waals surface area contributed by atoms with Crippen LogP contribution in [0.15, 0.2) is 6.20 Å². The highest BCUT2D eigenvalue weighted by molar-refractivity contribution is 5.84. The number of fused-ring (bicyclic) bond motifs is 1. The van der Waals surface area contributed by atoms with Gasteiger partial charge in [-0.1, -0.05) is 18.1 Å². The Hall–Kier alpha value is -1.92. The fraction of sp³-hybridized carbons (Fsp3) is 0.750. The number of carbonyl (C=O) groups excluding carboxylic acids is 1. The van der Waals surface area contributed by atoms with Crippen molar-refractivity contribution in [2.45, 2.75) is 69.5 Å². The van der Waals surface area contributed by atoms with E-state index in [9.17, 15) is 14.7 Å². The van der Waals surface area contributed by atoms with E-state index in [0.717, 1.165) is 44.2 Å². The van der Waals surface area contributed by atoms with Gasteiger partial charge in [-0.3, -0.25) is 4.79 Å². The van der Waals surface area contributed by atoms with Crippen LogP contribution in [0.25, 0.3) is 0 Å². The van der Waals surface area contributed by atoms with Crippen LogP contribution in [-0.4, -0.2) is 49.0 Å². The largest absolute Gasteiger partial charge is 0.480 e. The summed E-state index contributed by atoms with van der Waals surface area (Å²) in [4.78, 5) is 26.0. The molecule has 3 atom stereocenters. The van der Waals surface area contributed by atoms with Crippen LogP contribution in [0, 0.1) is 5.92 Å². The summed E-state index contributed by atoms with van der Waals surface area (Å²) in [6.07, 6.45) is 8.89. The van der Waals surface area contributed by atoms with Crippen LogP contribution in [0.1, 0.15) is 56.6 Å². The first-order valence-electron chi connectivity index (χ1n) is 8.57. The highest BCUT2D eigenvalue weighted by Crippen LogP contribution is 2.40. The molecule has 1 N–H and O–H groups in total. The molecule has 23 heavy (non-hydrogen) atoms. The topological polar surface area (TPSA) is 88.3 Å². The molecule has 4 rings (SSSR count). The molecule has 1 saturated heterocycles. The summed E-state index contributed by atoms with van der Waals surface area (Å²) in [5.74, 6) is -0.184. The molecule has 1 aliphatic heterocycles.